The highest BCUT2D eigenvalue weighted by molar-refractivity contribution is 5.39. The SMILES string of the molecule is Cc1cccc(C)c1OCC(O)CNCC1(O)CCC1. The van der Waals surface area contributed by atoms with Gasteiger partial charge in [0.25, 0.3) is 0 Å². The Hall–Kier alpha value is -1.10. The first-order valence-corrected chi connectivity index (χ1v) is 7.30. The van der Waals surface area contributed by atoms with Gasteiger partial charge in [-0.3, -0.25) is 0 Å². The summed E-state index contributed by atoms with van der Waals surface area (Å²) in [5.41, 5.74) is 1.61. The Bertz CT molecular complexity index is 423. The van der Waals surface area contributed by atoms with E-state index in [1.165, 1.54) is 0 Å². The molecule has 3 N–H and O–H groups in total. The molecule has 1 saturated carbocycles. The zero-order valence-corrected chi connectivity index (χ0v) is 12.4. The van der Waals surface area contributed by atoms with Crippen molar-refractivity contribution >= 4 is 0 Å². The summed E-state index contributed by atoms with van der Waals surface area (Å²) in [7, 11) is 0. The Morgan fingerprint density at radius 1 is 1.30 bits per heavy atom. The maximum Gasteiger partial charge on any atom is 0.125 e. The molecule has 0 amide bonds. The van der Waals surface area contributed by atoms with Crippen molar-refractivity contribution in [2.24, 2.45) is 0 Å². The molecular weight excluding hydrogens is 254 g/mol. The van der Waals surface area contributed by atoms with E-state index in [1.807, 2.05) is 32.0 Å². The van der Waals surface area contributed by atoms with Gasteiger partial charge in [0.05, 0.1) is 5.60 Å². The van der Waals surface area contributed by atoms with Crippen LogP contribution in [0.2, 0.25) is 0 Å². The highest BCUT2D eigenvalue weighted by Gasteiger charge is 2.33. The van der Waals surface area contributed by atoms with Crippen molar-refractivity contribution in [3.05, 3.63) is 29.3 Å². The Morgan fingerprint density at radius 3 is 2.50 bits per heavy atom. The summed E-state index contributed by atoms with van der Waals surface area (Å²) < 4.78 is 5.70. The number of ether oxygens (including phenoxy) is 1. The molecule has 1 aliphatic rings. The van der Waals surface area contributed by atoms with Gasteiger partial charge in [0.15, 0.2) is 0 Å². The van der Waals surface area contributed by atoms with Gasteiger partial charge in [-0.2, -0.15) is 0 Å². The van der Waals surface area contributed by atoms with Crippen LogP contribution in [0.15, 0.2) is 18.2 Å². The standard InChI is InChI=1S/C16H25NO3/c1-12-5-3-6-13(2)15(12)20-10-14(18)9-17-11-16(19)7-4-8-16/h3,5-6,14,17-19H,4,7-11H2,1-2H3. The van der Waals surface area contributed by atoms with E-state index in [1.54, 1.807) is 0 Å². The normalized spacial score (nSPS) is 18.4. The highest BCUT2D eigenvalue weighted by Crippen LogP contribution is 2.30. The molecule has 0 aromatic heterocycles. The van der Waals surface area contributed by atoms with Gasteiger partial charge in [-0.15, -0.1) is 0 Å². The molecule has 1 atom stereocenters. The first-order valence-electron chi connectivity index (χ1n) is 7.30. The molecule has 112 valence electrons. The van der Waals surface area contributed by atoms with Gasteiger partial charge in [0, 0.05) is 13.1 Å². The van der Waals surface area contributed by atoms with E-state index in [9.17, 15) is 10.2 Å². The third-order valence-electron chi connectivity index (χ3n) is 3.95. The number of rotatable bonds is 7. The van der Waals surface area contributed by atoms with Gasteiger partial charge in [0.1, 0.15) is 18.5 Å². The Morgan fingerprint density at radius 2 is 1.95 bits per heavy atom. The lowest BCUT2D eigenvalue weighted by Crippen LogP contribution is -2.48. The smallest absolute Gasteiger partial charge is 0.125 e. The van der Waals surface area contributed by atoms with Crippen LogP contribution in [0, 0.1) is 13.8 Å². The summed E-state index contributed by atoms with van der Waals surface area (Å²) in [4.78, 5) is 0. The average molecular weight is 279 g/mol. The van der Waals surface area contributed by atoms with Crippen LogP contribution in [0.5, 0.6) is 5.75 Å². The fraction of sp³-hybridized carbons (Fsp3) is 0.625. The van der Waals surface area contributed by atoms with E-state index in [2.05, 4.69) is 5.32 Å². The minimum absolute atomic E-state index is 0.261. The van der Waals surface area contributed by atoms with Crippen LogP contribution >= 0.6 is 0 Å². The van der Waals surface area contributed by atoms with Gasteiger partial charge in [-0.25, -0.2) is 0 Å². The number of hydrogen-bond acceptors (Lipinski definition) is 4. The second-order valence-electron chi connectivity index (χ2n) is 5.89. The highest BCUT2D eigenvalue weighted by atomic mass is 16.5. The maximum absolute atomic E-state index is 9.93. The predicted molar refractivity (Wildman–Crippen MR) is 79.1 cm³/mol. The Kier molecular flexibility index (Phi) is 5.02. The van der Waals surface area contributed by atoms with Crippen LogP contribution in [0.4, 0.5) is 0 Å². The van der Waals surface area contributed by atoms with Crippen molar-refractivity contribution in [3.63, 3.8) is 0 Å². The van der Waals surface area contributed by atoms with E-state index >= 15 is 0 Å². The molecule has 0 bridgehead atoms. The molecule has 0 radical (unpaired) electrons. The largest absolute Gasteiger partial charge is 0.490 e. The number of benzene rings is 1. The van der Waals surface area contributed by atoms with E-state index in [4.69, 9.17) is 4.74 Å². The monoisotopic (exact) mass is 279 g/mol. The lowest BCUT2D eigenvalue weighted by Gasteiger charge is -2.36. The molecule has 1 unspecified atom stereocenters. The Balaban J connectivity index is 1.70. The number of para-hydroxylation sites is 1. The van der Waals surface area contributed by atoms with Crippen molar-refractivity contribution in [3.8, 4) is 5.75 Å². The first kappa shape index (κ1) is 15.3. The van der Waals surface area contributed by atoms with Gasteiger partial charge in [-0.05, 0) is 44.2 Å². The van der Waals surface area contributed by atoms with Crippen LogP contribution < -0.4 is 10.1 Å². The van der Waals surface area contributed by atoms with Gasteiger partial charge >= 0.3 is 0 Å². The molecule has 1 aromatic carbocycles. The summed E-state index contributed by atoms with van der Waals surface area (Å²) in [6.07, 6.45) is 2.23. The molecule has 2 rings (SSSR count). The molecule has 20 heavy (non-hydrogen) atoms. The molecule has 1 aliphatic carbocycles. The quantitative estimate of drug-likeness (QED) is 0.708. The number of aliphatic hydroxyl groups excluding tert-OH is 1. The van der Waals surface area contributed by atoms with Gasteiger partial charge < -0.3 is 20.3 Å². The predicted octanol–water partition coefficient (Wildman–Crippen LogP) is 1.55. The van der Waals surface area contributed by atoms with Crippen LogP contribution in [0.25, 0.3) is 0 Å². The summed E-state index contributed by atoms with van der Waals surface area (Å²) in [5, 5.41) is 23.0. The van der Waals surface area contributed by atoms with Crippen molar-refractivity contribution in [1.82, 2.24) is 5.32 Å². The first-order chi connectivity index (χ1) is 9.50. The third kappa shape index (κ3) is 3.95. The fourth-order valence-corrected chi connectivity index (χ4v) is 2.50. The lowest BCUT2D eigenvalue weighted by molar-refractivity contribution is -0.0334. The average Bonchev–Trinajstić information content (AvgIpc) is 2.36. The molecule has 4 heteroatoms. The van der Waals surface area contributed by atoms with Gasteiger partial charge in [-0.1, -0.05) is 18.2 Å². The zero-order chi connectivity index (χ0) is 14.6. The van der Waals surface area contributed by atoms with E-state index < -0.39 is 11.7 Å². The summed E-state index contributed by atoms with van der Waals surface area (Å²) in [6.45, 7) is 5.25. The van der Waals surface area contributed by atoms with E-state index in [-0.39, 0.29) is 6.61 Å². The summed E-state index contributed by atoms with van der Waals surface area (Å²) in [5.74, 6) is 0.851. The van der Waals surface area contributed by atoms with Crippen molar-refractivity contribution in [2.45, 2.75) is 44.8 Å². The molecule has 4 nitrogen and oxygen atoms in total. The number of nitrogens with one attached hydrogen (secondary N) is 1. The van der Waals surface area contributed by atoms with Crippen molar-refractivity contribution < 1.29 is 14.9 Å². The molecule has 0 saturated heterocycles. The second-order valence-corrected chi connectivity index (χ2v) is 5.89. The fourth-order valence-electron chi connectivity index (χ4n) is 2.50. The minimum Gasteiger partial charge on any atom is -0.490 e. The molecule has 0 heterocycles. The third-order valence-corrected chi connectivity index (χ3v) is 3.95. The van der Waals surface area contributed by atoms with Crippen molar-refractivity contribution in [1.29, 1.82) is 0 Å². The van der Waals surface area contributed by atoms with Crippen molar-refractivity contribution in [2.75, 3.05) is 19.7 Å². The van der Waals surface area contributed by atoms with Crippen LogP contribution in [-0.2, 0) is 0 Å². The zero-order valence-electron chi connectivity index (χ0n) is 12.4. The number of hydrogen-bond donors (Lipinski definition) is 3. The topological polar surface area (TPSA) is 61.7 Å². The van der Waals surface area contributed by atoms with Crippen LogP contribution in [-0.4, -0.2) is 41.6 Å². The maximum atomic E-state index is 9.93. The second kappa shape index (κ2) is 6.57. The molecule has 1 fully saturated rings. The van der Waals surface area contributed by atoms with Gasteiger partial charge in [0.2, 0.25) is 0 Å². The van der Waals surface area contributed by atoms with Crippen LogP contribution in [0.3, 0.4) is 0 Å². The number of aryl methyl sites for hydroxylation is 2. The molecule has 0 aliphatic heterocycles. The molecule has 0 spiro atoms. The van der Waals surface area contributed by atoms with Crippen LogP contribution in [0.1, 0.15) is 30.4 Å². The molecular formula is C16H25NO3. The van der Waals surface area contributed by atoms with E-state index in [0.717, 1.165) is 36.1 Å². The Labute approximate surface area is 120 Å². The summed E-state index contributed by atoms with van der Waals surface area (Å²) in [6, 6.07) is 5.99. The minimum atomic E-state index is -0.572. The van der Waals surface area contributed by atoms with E-state index in [0.29, 0.717) is 13.1 Å². The lowest BCUT2D eigenvalue weighted by atomic mass is 9.80. The summed E-state index contributed by atoms with van der Waals surface area (Å²) >= 11 is 0. The number of aliphatic hydroxyl groups is 2. The molecule has 1 aromatic rings.